The highest BCUT2D eigenvalue weighted by atomic mass is 16.5. The Bertz CT molecular complexity index is 805. The van der Waals surface area contributed by atoms with E-state index in [2.05, 4.69) is 71.7 Å². The summed E-state index contributed by atoms with van der Waals surface area (Å²) in [4.78, 5) is 15.4. The molecular weight excluding hydrogens is 372 g/mol. The van der Waals surface area contributed by atoms with Gasteiger partial charge in [0.25, 0.3) is 0 Å². The van der Waals surface area contributed by atoms with Crippen molar-refractivity contribution in [2.45, 2.75) is 44.6 Å². The Morgan fingerprint density at radius 2 is 1.70 bits per heavy atom. The number of carbonyl (C=O) groups excluding carboxylic acids is 1. The zero-order chi connectivity index (χ0) is 20.8. The van der Waals surface area contributed by atoms with Crippen molar-refractivity contribution in [1.29, 1.82) is 0 Å². The average molecular weight is 407 g/mol. The lowest BCUT2D eigenvalue weighted by Crippen LogP contribution is -2.47. The van der Waals surface area contributed by atoms with Crippen molar-refractivity contribution in [2.24, 2.45) is 5.92 Å². The minimum Gasteiger partial charge on any atom is -0.381 e. The van der Waals surface area contributed by atoms with Gasteiger partial charge in [0, 0.05) is 37.6 Å². The van der Waals surface area contributed by atoms with Crippen molar-refractivity contribution < 1.29 is 9.53 Å². The largest absolute Gasteiger partial charge is 0.381 e. The molecule has 2 aromatic carbocycles. The van der Waals surface area contributed by atoms with Crippen LogP contribution in [0.4, 0.5) is 0 Å². The molecule has 4 heteroatoms. The van der Waals surface area contributed by atoms with Gasteiger partial charge in [-0.2, -0.15) is 0 Å². The zero-order valence-corrected chi connectivity index (χ0v) is 18.1. The molecule has 1 amide bonds. The third-order valence-electron chi connectivity index (χ3n) is 6.92. The predicted octanol–water partition coefficient (Wildman–Crippen LogP) is 4.07. The molecule has 0 aromatic heterocycles. The van der Waals surface area contributed by atoms with E-state index in [1.54, 1.807) is 0 Å². The van der Waals surface area contributed by atoms with Crippen LogP contribution in [0.15, 0.2) is 54.6 Å². The van der Waals surface area contributed by atoms with Gasteiger partial charge < -0.3 is 10.1 Å². The van der Waals surface area contributed by atoms with Crippen LogP contribution in [-0.2, 0) is 21.5 Å². The summed E-state index contributed by atoms with van der Waals surface area (Å²) in [7, 11) is 0. The monoisotopic (exact) mass is 406 g/mol. The van der Waals surface area contributed by atoms with Crippen LogP contribution in [-0.4, -0.2) is 43.7 Å². The Hall–Kier alpha value is -2.17. The first-order valence-corrected chi connectivity index (χ1v) is 11.3. The van der Waals surface area contributed by atoms with E-state index in [0.29, 0.717) is 6.54 Å². The van der Waals surface area contributed by atoms with Gasteiger partial charge in [-0.3, -0.25) is 9.69 Å². The maximum absolute atomic E-state index is 13.0. The summed E-state index contributed by atoms with van der Waals surface area (Å²) < 4.78 is 5.62. The molecule has 2 aliphatic rings. The number of nitrogens with zero attached hydrogens (tertiary/aromatic N) is 1. The van der Waals surface area contributed by atoms with Crippen molar-refractivity contribution in [1.82, 2.24) is 10.2 Å². The van der Waals surface area contributed by atoms with Crippen molar-refractivity contribution in [3.8, 4) is 0 Å². The fourth-order valence-corrected chi connectivity index (χ4v) is 4.83. The second kappa shape index (κ2) is 9.76. The second-order valence-corrected chi connectivity index (χ2v) is 9.01. The van der Waals surface area contributed by atoms with Crippen LogP contribution >= 0.6 is 0 Å². The highest BCUT2D eigenvalue weighted by Crippen LogP contribution is 2.34. The van der Waals surface area contributed by atoms with Gasteiger partial charge in [0.2, 0.25) is 5.91 Å². The third-order valence-corrected chi connectivity index (χ3v) is 6.92. The molecule has 0 bridgehead atoms. The van der Waals surface area contributed by atoms with Gasteiger partial charge in [-0.05, 0) is 56.8 Å². The molecule has 0 radical (unpaired) electrons. The summed E-state index contributed by atoms with van der Waals surface area (Å²) in [6.07, 6.45) is 3.82. The van der Waals surface area contributed by atoms with E-state index in [1.165, 1.54) is 16.7 Å². The Labute approximate surface area is 180 Å². The lowest BCUT2D eigenvalue weighted by molar-refractivity contribution is -0.127. The Morgan fingerprint density at radius 1 is 1.03 bits per heavy atom. The molecule has 4 nitrogen and oxygen atoms in total. The Balaban J connectivity index is 1.29. The summed E-state index contributed by atoms with van der Waals surface area (Å²) in [5, 5.41) is 3.32. The van der Waals surface area contributed by atoms with Crippen LogP contribution in [0.25, 0.3) is 0 Å². The van der Waals surface area contributed by atoms with Gasteiger partial charge in [-0.1, -0.05) is 60.2 Å². The zero-order valence-electron chi connectivity index (χ0n) is 18.1. The molecule has 2 fully saturated rings. The summed E-state index contributed by atoms with van der Waals surface area (Å²) in [5.74, 6) is 0.360. The van der Waals surface area contributed by atoms with Crippen molar-refractivity contribution in [2.75, 3.05) is 32.8 Å². The molecule has 0 spiro atoms. The SMILES string of the molecule is Cc1ccc(CN2CCC(C(=O)NCC3(c4ccccc4)CCOCC3)CC2)cc1. The summed E-state index contributed by atoms with van der Waals surface area (Å²) in [6, 6.07) is 19.4. The molecule has 0 aliphatic carbocycles. The van der Waals surface area contributed by atoms with Gasteiger partial charge in [0.05, 0.1) is 0 Å². The average Bonchev–Trinajstić information content (AvgIpc) is 2.81. The van der Waals surface area contributed by atoms with E-state index < -0.39 is 0 Å². The summed E-state index contributed by atoms with van der Waals surface area (Å²) in [6.45, 7) is 7.32. The van der Waals surface area contributed by atoms with Gasteiger partial charge in [0.1, 0.15) is 0 Å². The number of nitrogens with one attached hydrogen (secondary N) is 1. The van der Waals surface area contributed by atoms with E-state index in [0.717, 1.165) is 58.5 Å². The van der Waals surface area contributed by atoms with Gasteiger partial charge in [-0.15, -0.1) is 0 Å². The van der Waals surface area contributed by atoms with Crippen LogP contribution < -0.4 is 5.32 Å². The van der Waals surface area contributed by atoms with Gasteiger partial charge in [0.15, 0.2) is 0 Å². The minimum atomic E-state index is 0.00130. The standard InChI is InChI=1S/C26H34N2O2/c1-21-7-9-22(10-8-21)19-28-15-11-23(12-16-28)25(29)27-20-26(13-17-30-18-14-26)24-5-3-2-4-6-24/h2-10,23H,11-20H2,1H3,(H,27,29). The number of amides is 1. The molecule has 0 atom stereocenters. The first-order chi connectivity index (χ1) is 14.6. The topological polar surface area (TPSA) is 41.6 Å². The fourth-order valence-electron chi connectivity index (χ4n) is 4.83. The number of carbonyl (C=O) groups is 1. The molecule has 2 aromatic rings. The van der Waals surface area contributed by atoms with Crippen molar-refractivity contribution >= 4 is 5.91 Å². The lowest BCUT2D eigenvalue weighted by Gasteiger charge is -2.38. The van der Waals surface area contributed by atoms with Crippen LogP contribution in [0.2, 0.25) is 0 Å². The molecular formula is C26H34N2O2. The number of hydrogen-bond donors (Lipinski definition) is 1. The van der Waals surface area contributed by atoms with Crippen LogP contribution in [0.3, 0.4) is 0 Å². The van der Waals surface area contributed by atoms with E-state index in [4.69, 9.17) is 4.74 Å². The molecule has 160 valence electrons. The van der Waals surface area contributed by atoms with Crippen LogP contribution in [0.5, 0.6) is 0 Å². The van der Waals surface area contributed by atoms with Crippen molar-refractivity contribution in [3.63, 3.8) is 0 Å². The van der Waals surface area contributed by atoms with Gasteiger partial charge >= 0.3 is 0 Å². The Kier molecular flexibility index (Phi) is 6.86. The number of piperidine rings is 1. The normalized spacial score (nSPS) is 20.0. The maximum atomic E-state index is 13.0. The number of likely N-dealkylation sites (tertiary alicyclic amines) is 1. The summed E-state index contributed by atoms with van der Waals surface area (Å²) in [5.41, 5.74) is 3.97. The molecule has 4 rings (SSSR count). The maximum Gasteiger partial charge on any atom is 0.223 e. The van der Waals surface area contributed by atoms with Gasteiger partial charge in [-0.25, -0.2) is 0 Å². The molecule has 0 unspecified atom stereocenters. The number of ether oxygens (including phenoxy) is 1. The van der Waals surface area contributed by atoms with E-state index >= 15 is 0 Å². The number of aryl methyl sites for hydroxylation is 1. The first-order valence-electron chi connectivity index (χ1n) is 11.3. The smallest absolute Gasteiger partial charge is 0.223 e. The molecule has 1 N–H and O–H groups in total. The van der Waals surface area contributed by atoms with E-state index in [9.17, 15) is 4.79 Å². The molecule has 2 heterocycles. The molecule has 2 aliphatic heterocycles. The third kappa shape index (κ3) is 5.11. The highest BCUT2D eigenvalue weighted by Gasteiger charge is 2.35. The number of benzene rings is 2. The lowest BCUT2D eigenvalue weighted by atomic mass is 9.74. The van der Waals surface area contributed by atoms with E-state index in [1.807, 2.05) is 0 Å². The quantitative estimate of drug-likeness (QED) is 0.786. The molecule has 2 saturated heterocycles. The van der Waals surface area contributed by atoms with Crippen LogP contribution in [0.1, 0.15) is 42.4 Å². The first kappa shape index (κ1) is 21.1. The van der Waals surface area contributed by atoms with Crippen LogP contribution in [0, 0.1) is 12.8 Å². The number of rotatable bonds is 6. The Morgan fingerprint density at radius 3 is 2.37 bits per heavy atom. The number of hydrogen-bond acceptors (Lipinski definition) is 3. The highest BCUT2D eigenvalue weighted by molar-refractivity contribution is 5.78. The summed E-state index contributed by atoms with van der Waals surface area (Å²) >= 11 is 0. The van der Waals surface area contributed by atoms with E-state index in [-0.39, 0.29) is 17.2 Å². The second-order valence-electron chi connectivity index (χ2n) is 9.01. The predicted molar refractivity (Wildman–Crippen MR) is 120 cm³/mol. The van der Waals surface area contributed by atoms with Crippen molar-refractivity contribution in [3.05, 3.63) is 71.3 Å². The molecule has 30 heavy (non-hydrogen) atoms. The fraction of sp³-hybridized carbons (Fsp3) is 0.500. The molecule has 0 saturated carbocycles. The minimum absolute atomic E-state index is 0.00130.